The first-order chi connectivity index (χ1) is 8.54. The highest BCUT2D eigenvalue weighted by molar-refractivity contribution is 9.10. The lowest BCUT2D eigenvalue weighted by Gasteiger charge is -2.17. The molecule has 0 atom stereocenters. The average molecular weight is 312 g/mol. The van der Waals surface area contributed by atoms with Gasteiger partial charge in [0.25, 0.3) is 0 Å². The van der Waals surface area contributed by atoms with Crippen molar-refractivity contribution >= 4 is 27.5 Å². The first kappa shape index (κ1) is 13.4. The van der Waals surface area contributed by atoms with Crippen LogP contribution in [0, 0.1) is 0 Å². The Morgan fingerprint density at radius 2 is 2.28 bits per heavy atom. The molecule has 0 aliphatic heterocycles. The van der Waals surface area contributed by atoms with Crippen molar-refractivity contribution in [2.75, 3.05) is 19.3 Å². The van der Waals surface area contributed by atoms with E-state index in [2.05, 4.69) is 21.2 Å². The number of rotatable bonds is 5. The van der Waals surface area contributed by atoms with Crippen molar-refractivity contribution in [2.45, 2.75) is 25.4 Å². The number of carbonyl (C=O) groups is 1. The molecular formula is C13H18BrN3O. The minimum Gasteiger partial charge on any atom is -0.398 e. The molecule has 1 saturated carbocycles. The third kappa shape index (κ3) is 3.99. The molecule has 0 unspecified atom stereocenters. The Hall–Kier alpha value is -1.07. The zero-order valence-electron chi connectivity index (χ0n) is 10.4. The average Bonchev–Trinajstić information content (AvgIpc) is 3.05. The summed E-state index contributed by atoms with van der Waals surface area (Å²) >= 11 is 3.38. The molecule has 2 rings (SSSR count). The fourth-order valence-electron chi connectivity index (χ4n) is 1.80. The standard InChI is InChI=1S/C13H18BrN3O/c1-17(8-13(18)16-11-4-5-11)7-9-2-3-10(14)6-12(9)15/h2-3,6,11H,4-5,7-8,15H2,1H3,(H,16,18). The van der Waals surface area contributed by atoms with E-state index in [-0.39, 0.29) is 5.91 Å². The van der Waals surface area contributed by atoms with Crippen LogP contribution in [0.2, 0.25) is 0 Å². The summed E-state index contributed by atoms with van der Waals surface area (Å²) in [5.74, 6) is 0.0932. The first-order valence-electron chi connectivity index (χ1n) is 6.06. The topological polar surface area (TPSA) is 58.4 Å². The van der Waals surface area contributed by atoms with Gasteiger partial charge in [-0.3, -0.25) is 9.69 Å². The molecule has 4 nitrogen and oxygen atoms in total. The number of nitrogen functional groups attached to an aromatic ring is 1. The summed E-state index contributed by atoms with van der Waals surface area (Å²) in [5, 5.41) is 2.97. The van der Waals surface area contributed by atoms with Gasteiger partial charge in [-0.15, -0.1) is 0 Å². The number of benzene rings is 1. The van der Waals surface area contributed by atoms with Gasteiger partial charge >= 0.3 is 0 Å². The van der Waals surface area contributed by atoms with Crippen LogP contribution in [0.5, 0.6) is 0 Å². The third-order valence-corrected chi connectivity index (χ3v) is 3.40. The predicted octanol–water partition coefficient (Wildman–Crippen LogP) is 1.74. The molecule has 0 heterocycles. The molecule has 0 radical (unpaired) electrons. The van der Waals surface area contributed by atoms with Gasteiger partial charge in [-0.05, 0) is 37.6 Å². The number of nitrogens with one attached hydrogen (secondary N) is 1. The van der Waals surface area contributed by atoms with Gasteiger partial charge in [0, 0.05) is 22.7 Å². The lowest BCUT2D eigenvalue weighted by atomic mass is 10.2. The second kappa shape index (κ2) is 5.71. The fourth-order valence-corrected chi connectivity index (χ4v) is 2.18. The quantitative estimate of drug-likeness (QED) is 0.814. The van der Waals surface area contributed by atoms with E-state index in [1.165, 1.54) is 0 Å². The zero-order valence-corrected chi connectivity index (χ0v) is 12.0. The predicted molar refractivity (Wildman–Crippen MR) is 76.1 cm³/mol. The maximum Gasteiger partial charge on any atom is 0.234 e. The van der Waals surface area contributed by atoms with Crippen molar-refractivity contribution in [3.8, 4) is 0 Å². The van der Waals surface area contributed by atoms with E-state index >= 15 is 0 Å². The van der Waals surface area contributed by atoms with E-state index in [0.717, 1.165) is 28.6 Å². The van der Waals surface area contributed by atoms with Crippen LogP contribution in [0.25, 0.3) is 0 Å². The smallest absolute Gasteiger partial charge is 0.234 e. The molecule has 0 saturated heterocycles. The van der Waals surface area contributed by atoms with Crippen molar-refractivity contribution in [1.29, 1.82) is 0 Å². The van der Waals surface area contributed by atoms with E-state index in [4.69, 9.17) is 5.73 Å². The van der Waals surface area contributed by atoms with Crippen molar-refractivity contribution in [2.24, 2.45) is 0 Å². The van der Waals surface area contributed by atoms with E-state index in [1.54, 1.807) is 0 Å². The number of nitrogens with two attached hydrogens (primary N) is 1. The molecule has 1 aliphatic rings. The van der Waals surface area contributed by atoms with Gasteiger partial charge in [0.05, 0.1) is 6.54 Å². The molecule has 0 bridgehead atoms. The number of hydrogen-bond acceptors (Lipinski definition) is 3. The zero-order chi connectivity index (χ0) is 13.1. The van der Waals surface area contributed by atoms with Gasteiger partial charge in [-0.1, -0.05) is 22.0 Å². The second-order valence-electron chi connectivity index (χ2n) is 4.86. The van der Waals surface area contributed by atoms with Gasteiger partial charge in [0.2, 0.25) is 5.91 Å². The number of hydrogen-bond donors (Lipinski definition) is 2. The van der Waals surface area contributed by atoms with Gasteiger partial charge in [-0.2, -0.15) is 0 Å². The minimum atomic E-state index is 0.0932. The normalized spacial score (nSPS) is 14.8. The molecule has 1 aromatic rings. The number of likely N-dealkylation sites (N-methyl/N-ethyl adjacent to an activating group) is 1. The second-order valence-corrected chi connectivity index (χ2v) is 5.77. The van der Waals surface area contributed by atoms with Crippen LogP contribution in [0.15, 0.2) is 22.7 Å². The maximum absolute atomic E-state index is 11.6. The Morgan fingerprint density at radius 3 is 2.89 bits per heavy atom. The molecule has 98 valence electrons. The van der Waals surface area contributed by atoms with Gasteiger partial charge in [0.15, 0.2) is 0 Å². The van der Waals surface area contributed by atoms with Crippen LogP contribution in [-0.4, -0.2) is 30.4 Å². The summed E-state index contributed by atoms with van der Waals surface area (Å²) in [6, 6.07) is 6.25. The van der Waals surface area contributed by atoms with E-state index in [9.17, 15) is 4.79 Å². The van der Waals surface area contributed by atoms with E-state index in [1.807, 2.05) is 30.1 Å². The SMILES string of the molecule is CN(CC(=O)NC1CC1)Cc1ccc(Br)cc1N. The van der Waals surface area contributed by atoms with Crippen molar-refractivity contribution in [3.63, 3.8) is 0 Å². The van der Waals surface area contributed by atoms with Crippen LogP contribution in [0.3, 0.4) is 0 Å². The molecule has 1 aromatic carbocycles. The summed E-state index contributed by atoms with van der Waals surface area (Å²) in [4.78, 5) is 13.6. The Labute approximate surface area is 116 Å². The minimum absolute atomic E-state index is 0.0932. The maximum atomic E-state index is 11.6. The van der Waals surface area contributed by atoms with Crippen LogP contribution >= 0.6 is 15.9 Å². The highest BCUT2D eigenvalue weighted by Gasteiger charge is 2.23. The number of carbonyl (C=O) groups excluding carboxylic acids is 1. The molecule has 1 amide bonds. The summed E-state index contributed by atoms with van der Waals surface area (Å²) in [6.07, 6.45) is 2.24. The number of halogens is 1. The third-order valence-electron chi connectivity index (χ3n) is 2.90. The molecule has 18 heavy (non-hydrogen) atoms. The Morgan fingerprint density at radius 1 is 1.56 bits per heavy atom. The summed E-state index contributed by atoms with van der Waals surface area (Å²) in [7, 11) is 1.92. The Bertz CT molecular complexity index is 446. The lowest BCUT2D eigenvalue weighted by molar-refractivity contribution is -0.122. The van der Waals surface area contributed by atoms with E-state index < -0.39 is 0 Å². The number of anilines is 1. The Kier molecular flexibility index (Phi) is 4.24. The van der Waals surface area contributed by atoms with Crippen molar-refractivity contribution in [3.05, 3.63) is 28.2 Å². The van der Waals surface area contributed by atoms with Gasteiger partial charge < -0.3 is 11.1 Å². The molecule has 0 spiro atoms. The lowest BCUT2D eigenvalue weighted by Crippen LogP contribution is -2.36. The first-order valence-corrected chi connectivity index (χ1v) is 6.85. The summed E-state index contributed by atoms with van der Waals surface area (Å²) in [5.41, 5.74) is 7.72. The monoisotopic (exact) mass is 311 g/mol. The molecule has 1 fully saturated rings. The van der Waals surface area contributed by atoms with Gasteiger partial charge in [-0.25, -0.2) is 0 Å². The largest absolute Gasteiger partial charge is 0.398 e. The highest BCUT2D eigenvalue weighted by Crippen LogP contribution is 2.20. The van der Waals surface area contributed by atoms with E-state index in [0.29, 0.717) is 19.1 Å². The molecule has 1 aliphatic carbocycles. The summed E-state index contributed by atoms with van der Waals surface area (Å²) < 4.78 is 0.970. The highest BCUT2D eigenvalue weighted by atomic mass is 79.9. The fraction of sp³-hybridized carbons (Fsp3) is 0.462. The number of nitrogens with zero attached hydrogens (tertiary/aromatic N) is 1. The van der Waals surface area contributed by atoms with Gasteiger partial charge in [0.1, 0.15) is 0 Å². The molecular weight excluding hydrogens is 294 g/mol. The summed E-state index contributed by atoms with van der Waals surface area (Å²) in [6.45, 7) is 1.09. The van der Waals surface area contributed by atoms with Crippen LogP contribution < -0.4 is 11.1 Å². The Balaban J connectivity index is 1.85. The van der Waals surface area contributed by atoms with Crippen LogP contribution in [-0.2, 0) is 11.3 Å². The van der Waals surface area contributed by atoms with Crippen LogP contribution in [0.4, 0.5) is 5.69 Å². The van der Waals surface area contributed by atoms with Crippen molar-refractivity contribution in [1.82, 2.24) is 10.2 Å². The molecule has 3 N–H and O–H groups in total. The molecule has 0 aromatic heterocycles. The van der Waals surface area contributed by atoms with Crippen molar-refractivity contribution < 1.29 is 4.79 Å². The molecule has 5 heteroatoms. The number of amides is 1. The van der Waals surface area contributed by atoms with Crippen LogP contribution in [0.1, 0.15) is 18.4 Å².